The number of pyridine rings is 1. The summed E-state index contributed by atoms with van der Waals surface area (Å²) in [6.07, 6.45) is 3.44. The molecule has 6 nitrogen and oxygen atoms in total. The first-order valence-corrected chi connectivity index (χ1v) is 10.5. The van der Waals surface area contributed by atoms with E-state index >= 15 is 0 Å². The third kappa shape index (κ3) is 4.83. The van der Waals surface area contributed by atoms with E-state index in [1.807, 2.05) is 50.2 Å². The molecule has 2 aromatic heterocycles. The number of carbonyl (C=O) groups is 1. The van der Waals surface area contributed by atoms with Gasteiger partial charge in [0, 0.05) is 38.7 Å². The predicted octanol–water partition coefficient (Wildman–Crippen LogP) is 4.93. The van der Waals surface area contributed by atoms with Gasteiger partial charge in [0.15, 0.2) is 6.61 Å². The number of aromatic nitrogens is 2. The third-order valence-electron chi connectivity index (χ3n) is 4.87. The monoisotopic (exact) mass is 476 g/mol. The number of hydrogen-bond donors (Lipinski definition) is 1. The molecular formula is C24H21BrN4O2. The smallest absolute Gasteiger partial charge is 0.277 e. The molecule has 2 aromatic carbocycles. The molecule has 0 unspecified atom stereocenters. The van der Waals surface area contributed by atoms with Crippen LogP contribution >= 0.6 is 15.9 Å². The molecular weight excluding hydrogens is 456 g/mol. The number of halogens is 1. The molecule has 0 aliphatic carbocycles. The largest absolute Gasteiger partial charge is 0.484 e. The maximum atomic E-state index is 12.0. The highest BCUT2D eigenvalue weighted by Gasteiger charge is 2.10. The second kappa shape index (κ2) is 9.14. The predicted molar refractivity (Wildman–Crippen MR) is 126 cm³/mol. The van der Waals surface area contributed by atoms with Gasteiger partial charge in [-0.15, -0.1) is 0 Å². The number of nitrogens with zero attached hydrogens (tertiary/aromatic N) is 3. The molecule has 0 saturated carbocycles. The zero-order valence-corrected chi connectivity index (χ0v) is 18.8. The van der Waals surface area contributed by atoms with Crippen LogP contribution in [-0.2, 0) is 4.79 Å². The Morgan fingerprint density at radius 2 is 2.03 bits per heavy atom. The van der Waals surface area contributed by atoms with Crippen LogP contribution in [0.25, 0.3) is 16.6 Å². The van der Waals surface area contributed by atoms with Crippen LogP contribution in [0.15, 0.2) is 76.4 Å². The van der Waals surface area contributed by atoms with Crippen LogP contribution in [0.4, 0.5) is 0 Å². The fourth-order valence-electron chi connectivity index (χ4n) is 3.43. The van der Waals surface area contributed by atoms with Gasteiger partial charge in [0.2, 0.25) is 0 Å². The van der Waals surface area contributed by atoms with Gasteiger partial charge in [-0.1, -0.05) is 28.1 Å². The Kier molecular flexibility index (Phi) is 6.13. The SMILES string of the molecule is Cc1cc(/C=N/NC(=O)COc2cccc(Br)c2)c(C)n1-c1ccc2ncccc2c1. The number of aryl methyl sites for hydroxylation is 1. The summed E-state index contributed by atoms with van der Waals surface area (Å²) in [5, 5.41) is 5.18. The van der Waals surface area contributed by atoms with Crippen molar-refractivity contribution in [2.75, 3.05) is 6.61 Å². The zero-order chi connectivity index (χ0) is 21.8. The number of amides is 1. The van der Waals surface area contributed by atoms with Crippen LogP contribution in [0.2, 0.25) is 0 Å². The Bertz CT molecular complexity index is 1280. The molecule has 1 amide bonds. The molecule has 1 N–H and O–H groups in total. The molecule has 4 aromatic rings. The van der Waals surface area contributed by atoms with Crippen LogP contribution < -0.4 is 10.2 Å². The van der Waals surface area contributed by atoms with E-state index in [-0.39, 0.29) is 12.5 Å². The van der Waals surface area contributed by atoms with Crippen molar-refractivity contribution in [2.45, 2.75) is 13.8 Å². The Morgan fingerprint density at radius 1 is 1.16 bits per heavy atom. The van der Waals surface area contributed by atoms with Crippen molar-refractivity contribution in [3.8, 4) is 11.4 Å². The maximum absolute atomic E-state index is 12.0. The number of hydrogen-bond acceptors (Lipinski definition) is 4. The number of nitrogens with one attached hydrogen (secondary N) is 1. The molecule has 0 aliphatic heterocycles. The molecule has 2 heterocycles. The summed E-state index contributed by atoms with van der Waals surface area (Å²) in [5.41, 5.74) is 7.57. The van der Waals surface area contributed by atoms with Crippen molar-refractivity contribution >= 4 is 39.0 Å². The lowest BCUT2D eigenvalue weighted by Crippen LogP contribution is -2.24. The first-order chi connectivity index (χ1) is 15.0. The normalized spacial score (nSPS) is 11.2. The fraction of sp³-hybridized carbons (Fsp3) is 0.125. The number of hydrazone groups is 1. The maximum Gasteiger partial charge on any atom is 0.277 e. The van der Waals surface area contributed by atoms with Gasteiger partial charge in [-0.2, -0.15) is 5.10 Å². The molecule has 156 valence electrons. The lowest BCUT2D eigenvalue weighted by Gasteiger charge is -2.10. The molecule has 0 radical (unpaired) electrons. The van der Waals surface area contributed by atoms with Gasteiger partial charge in [0.1, 0.15) is 5.75 Å². The highest BCUT2D eigenvalue weighted by atomic mass is 79.9. The van der Waals surface area contributed by atoms with Gasteiger partial charge < -0.3 is 9.30 Å². The molecule has 0 fully saturated rings. The van der Waals surface area contributed by atoms with E-state index in [9.17, 15) is 4.79 Å². The Morgan fingerprint density at radius 3 is 2.87 bits per heavy atom. The number of ether oxygens (including phenoxy) is 1. The average Bonchev–Trinajstić information content (AvgIpc) is 3.05. The van der Waals surface area contributed by atoms with Crippen LogP contribution in [0, 0.1) is 13.8 Å². The highest BCUT2D eigenvalue weighted by Crippen LogP contribution is 2.23. The van der Waals surface area contributed by atoms with Crippen LogP contribution in [-0.4, -0.2) is 28.3 Å². The van der Waals surface area contributed by atoms with Gasteiger partial charge in [0.25, 0.3) is 5.91 Å². The first kappa shape index (κ1) is 20.8. The van der Waals surface area contributed by atoms with E-state index in [4.69, 9.17) is 4.74 Å². The molecule has 0 spiro atoms. The van der Waals surface area contributed by atoms with E-state index in [0.717, 1.165) is 38.0 Å². The van der Waals surface area contributed by atoms with E-state index in [1.165, 1.54) is 0 Å². The second-order valence-electron chi connectivity index (χ2n) is 7.08. The van der Waals surface area contributed by atoms with Crippen LogP contribution in [0.1, 0.15) is 17.0 Å². The van der Waals surface area contributed by atoms with Crippen molar-refractivity contribution in [3.05, 3.63) is 88.3 Å². The third-order valence-corrected chi connectivity index (χ3v) is 5.37. The number of fused-ring (bicyclic) bond motifs is 1. The quantitative estimate of drug-likeness (QED) is 0.316. The van der Waals surface area contributed by atoms with E-state index in [2.05, 4.69) is 48.1 Å². The number of carbonyl (C=O) groups excluding carboxylic acids is 1. The van der Waals surface area contributed by atoms with Gasteiger partial charge in [-0.25, -0.2) is 5.43 Å². The first-order valence-electron chi connectivity index (χ1n) is 9.75. The number of benzene rings is 2. The minimum absolute atomic E-state index is 0.113. The summed E-state index contributed by atoms with van der Waals surface area (Å²) in [4.78, 5) is 16.4. The minimum atomic E-state index is -0.327. The summed E-state index contributed by atoms with van der Waals surface area (Å²) in [6.45, 7) is 3.96. The van der Waals surface area contributed by atoms with Crippen molar-refractivity contribution in [1.82, 2.24) is 15.0 Å². The fourth-order valence-corrected chi connectivity index (χ4v) is 3.81. The topological polar surface area (TPSA) is 68.5 Å². The minimum Gasteiger partial charge on any atom is -0.484 e. The van der Waals surface area contributed by atoms with Crippen LogP contribution in [0.3, 0.4) is 0 Å². The Balaban J connectivity index is 1.44. The summed E-state index contributed by atoms with van der Waals surface area (Å²) >= 11 is 3.37. The summed E-state index contributed by atoms with van der Waals surface area (Å²) in [5.74, 6) is 0.287. The van der Waals surface area contributed by atoms with E-state index in [1.54, 1.807) is 24.5 Å². The summed E-state index contributed by atoms with van der Waals surface area (Å²) < 4.78 is 8.52. The van der Waals surface area contributed by atoms with Crippen molar-refractivity contribution in [1.29, 1.82) is 0 Å². The van der Waals surface area contributed by atoms with E-state index < -0.39 is 0 Å². The van der Waals surface area contributed by atoms with Crippen LogP contribution in [0.5, 0.6) is 5.75 Å². The van der Waals surface area contributed by atoms with Gasteiger partial charge in [-0.05, 0) is 62.4 Å². The molecule has 0 bridgehead atoms. The molecule has 4 rings (SSSR count). The van der Waals surface area contributed by atoms with Gasteiger partial charge in [0.05, 0.1) is 11.7 Å². The molecule has 0 aliphatic rings. The standard InChI is InChI=1S/C24H21BrN4O2/c1-16-11-19(14-27-28-24(30)15-31-22-7-3-6-20(25)13-22)17(2)29(16)21-8-9-23-18(12-21)5-4-10-26-23/h3-14H,15H2,1-2H3,(H,28,30)/b27-14+. The van der Waals surface area contributed by atoms with E-state index in [0.29, 0.717) is 5.75 Å². The molecule has 0 saturated heterocycles. The summed E-state index contributed by atoms with van der Waals surface area (Å²) in [7, 11) is 0. The molecule has 7 heteroatoms. The molecule has 31 heavy (non-hydrogen) atoms. The van der Waals surface area contributed by atoms with Crippen molar-refractivity contribution in [2.24, 2.45) is 5.10 Å². The lowest BCUT2D eigenvalue weighted by molar-refractivity contribution is -0.123. The van der Waals surface area contributed by atoms with Gasteiger partial charge in [-0.3, -0.25) is 9.78 Å². The summed E-state index contributed by atoms with van der Waals surface area (Å²) in [6, 6.07) is 19.5. The lowest BCUT2D eigenvalue weighted by atomic mass is 10.2. The van der Waals surface area contributed by atoms with Crippen molar-refractivity contribution in [3.63, 3.8) is 0 Å². The van der Waals surface area contributed by atoms with Gasteiger partial charge >= 0.3 is 0 Å². The average molecular weight is 477 g/mol. The second-order valence-corrected chi connectivity index (χ2v) is 8.00. The Labute approximate surface area is 188 Å². The zero-order valence-electron chi connectivity index (χ0n) is 17.2. The van der Waals surface area contributed by atoms with Crippen molar-refractivity contribution < 1.29 is 9.53 Å². The Hall–Kier alpha value is -3.45. The highest BCUT2D eigenvalue weighted by molar-refractivity contribution is 9.10. The number of rotatable bonds is 6. The molecule has 0 atom stereocenters.